The van der Waals surface area contributed by atoms with Gasteiger partial charge in [-0.05, 0) is 48.0 Å². The van der Waals surface area contributed by atoms with E-state index in [1.165, 1.54) is 24.3 Å². The number of phenolic OH excluding ortho intramolecular Hbond substituents is 1. The Morgan fingerprint density at radius 1 is 0.926 bits per heavy atom. The Bertz CT molecular complexity index is 1210. The highest BCUT2D eigenvalue weighted by atomic mass is 79.9. The highest BCUT2D eigenvalue weighted by Gasteiger charge is 2.28. The normalized spacial score (nSPS) is 11.7. The van der Waals surface area contributed by atoms with Crippen LogP contribution >= 0.6 is 15.9 Å². The van der Waals surface area contributed by atoms with Gasteiger partial charge in [0, 0.05) is 16.3 Å². The molecular weight excluding hydrogens is 428 g/mol. The van der Waals surface area contributed by atoms with Crippen LogP contribution in [0.2, 0.25) is 0 Å². The summed E-state index contributed by atoms with van der Waals surface area (Å²) < 4.78 is 33.5. The fourth-order valence-electron chi connectivity index (χ4n) is 3.03. The van der Waals surface area contributed by atoms with Gasteiger partial charge in [-0.15, -0.1) is 0 Å². The number of sulfone groups is 1. The van der Waals surface area contributed by atoms with Gasteiger partial charge in [0.15, 0.2) is 0 Å². The lowest BCUT2D eigenvalue weighted by Crippen LogP contribution is -2.04. The van der Waals surface area contributed by atoms with Crippen molar-refractivity contribution in [2.45, 2.75) is 16.2 Å². The van der Waals surface area contributed by atoms with E-state index in [2.05, 4.69) is 15.9 Å². The van der Waals surface area contributed by atoms with Gasteiger partial charge in [-0.2, -0.15) is 0 Å². The van der Waals surface area contributed by atoms with E-state index in [9.17, 15) is 13.5 Å². The lowest BCUT2D eigenvalue weighted by atomic mass is 10.1. The lowest BCUT2D eigenvalue weighted by Gasteiger charge is -2.07. The third kappa shape index (κ3) is 3.38. The van der Waals surface area contributed by atoms with Crippen LogP contribution in [-0.4, -0.2) is 13.5 Å². The van der Waals surface area contributed by atoms with Gasteiger partial charge in [0.25, 0.3) is 0 Å². The third-order valence-corrected chi connectivity index (χ3v) is 6.67. The summed E-state index contributed by atoms with van der Waals surface area (Å²) in [5.74, 6) is 0.403. The monoisotopic (exact) mass is 442 g/mol. The average molecular weight is 443 g/mol. The van der Waals surface area contributed by atoms with Crippen LogP contribution in [0.4, 0.5) is 0 Å². The van der Waals surface area contributed by atoms with Crippen LogP contribution < -0.4 is 0 Å². The second kappa shape index (κ2) is 6.87. The fraction of sp³-hybridized carbons (Fsp3) is 0.0476. The maximum Gasteiger partial charge on any atom is 0.210 e. The molecular formula is C21H15BrO4S. The Morgan fingerprint density at radius 2 is 1.63 bits per heavy atom. The van der Waals surface area contributed by atoms with Crippen molar-refractivity contribution < 1.29 is 17.9 Å². The molecule has 0 aliphatic rings. The predicted octanol–water partition coefficient (Wildman–Crippen LogP) is 5.32. The van der Waals surface area contributed by atoms with Crippen molar-refractivity contribution in [3.8, 4) is 5.75 Å². The summed E-state index contributed by atoms with van der Waals surface area (Å²) >= 11 is 3.41. The molecule has 0 aliphatic carbocycles. The molecule has 4 aromatic rings. The molecule has 0 amide bonds. The summed E-state index contributed by atoms with van der Waals surface area (Å²) in [6.07, 6.45) is 0.361. The topological polar surface area (TPSA) is 67.5 Å². The Kier molecular flexibility index (Phi) is 4.53. The molecule has 136 valence electrons. The van der Waals surface area contributed by atoms with Gasteiger partial charge in [-0.1, -0.05) is 46.3 Å². The van der Waals surface area contributed by atoms with Crippen LogP contribution in [0.5, 0.6) is 5.75 Å². The van der Waals surface area contributed by atoms with Crippen LogP contribution in [0.25, 0.3) is 11.0 Å². The van der Waals surface area contributed by atoms with E-state index in [0.29, 0.717) is 23.2 Å². The zero-order chi connectivity index (χ0) is 19.0. The minimum absolute atomic E-state index is 0.0123. The Morgan fingerprint density at radius 3 is 2.33 bits per heavy atom. The standard InChI is InChI=1S/C21H15BrO4S/c22-15-6-11-19-18(13-15)21(20(26-19)12-14-4-2-1-3-5-14)27(24,25)17-9-7-16(23)8-10-17/h1-11,13,23H,12H2. The summed E-state index contributed by atoms with van der Waals surface area (Å²) in [6.45, 7) is 0. The highest BCUT2D eigenvalue weighted by molar-refractivity contribution is 9.10. The molecule has 0 saturated carbocycles. The van der Waals surface area contributed by atoms with Gasteiger partial charge in [-0.3, -0.25) is 0 Å². The predicted molar refractivity (Wildman–Crippen MR) is 107 cm³/mol. The average Bonchev–Trinajstić information content (AvgIpc) is 3.00. The Hall–Kier alpha value is -2.57. The van der Waals surface area contributed by atoms with Crippen LogP contribution in [0, 0.1) is 0 Å². The number of benzene rings is 3. The number of hydrogen-bond acceptors (Lipinski definition) is 4. The number of halogens is 1. The maximum absolute atomic E-state index is 13.4. The van der Waals surface area contributed by atoms with Crippen LogP contribution in [0.3, 0.4) is 0 Å². The second-order valence-electron chi connectivity index (χ2n) is 6.15. The highest BCUT2D eigenvalue weighted by Crippen LogP contribution is 2.36. The third-order valence-electron chi connectivity index (χ3n) is 4.30. The van der Waals surface area contributed by atoms with Crippen molar-refractivity contribution in [3.05, 3.63) is 88.6 Å². The Labute approximate surface area is 165 Å². The van der Waals surface area contributed by atoms with Crippen molar-refractivity contribution in [1.82, 2.24) is 0 Å². The molecule has 0 spiro atoms. The summed E-state index contributed by atoms with van der Waals surface area (Å²) in [7, 11) is -3.83. The lowest BCUT2D eigenvalue weighted by molar-refractivity contribution is 0.475. The van der Waals surface area contributed by atoms with Crippen LogP contribution in [0.1, 0.15) is 11.3 Å². The molecule has 6 heteroatoms. The van der Waals surface area contributed by atoms with E-state index in [4.69, 9.17) is 4.42 Å². The zero-order valence-electron chi connectivity index (χ0n) is 14.1. The van der Waals surface area contributed by atoms with Gasteiger partial charge in [0.05, 0.1) is 4.90 Å². The number of fused-ring (bicyclic) bond motifs is 1. The molecule has 0 atom stereocenters. The first kappa shape index (κ1) is 17.8. The zero-order valence-corrected chi connectivity index (χ0v) is 16.5. The molecule has 1 aromatic heterocycles. The fourth-order valence-corrected chi connectivity index (χ4v) is 4.99. The second-order valence-corrected chi connectivity index (χ2v) is 8.96. The Balaban J connectivity index is 1.95. The summed E-state index contributed by atoms with van der Waals surface area (Å²) in [4.78, 5) is 0.269. The summed E-state index contributed by atoms with van der Waals surface area (Å²) in [6, 6.07) is 20.4. The van der Waals surface area contributed by atoms with E-state index in [-0.39, 0.29) is 15.5 Å². The van der Waals surface area contributed by atoms with Gasteiger partial charge in [0.2, 0.25) is 9.84 Å². The number of aromatic hydroxyl groups is 1. The molecule has 4 rings (SSSR count). The quantitative estimate of drug-likeness (QED) is 0.463. The van der Waals surface area contributed by atoms with Crippen molar-refractivity contribution in [2.75, 3.05) is 0 Å². The molecule has 27 heavy (non-hydrogen) atoms. The van der Waals surface area contributed by atoms with Crippen LogP contribution in [0.15, 0.2) is 91.5 Å². The largest absolute Gasteiger partial charge is 0.508 e. The number of rotatable bonds is 4. The molecule has 0 fully saturated rings. The van der Waals surface area contributed by atoms with E-state index < -0.39 is 9.84 Å². The SMILES string of the molecule is O=S(=O)(c1ccc(O)cc1)c1c(Cc2ccccc2)oc2ccc(Br)cc12. The van der Waals surface area contributed by atoms with Crippen molar-refractivity contribution in [3.63, 3.8) is 0 Å². The first-order valence-electron chi connectivity index (χ1n) is 8.24. The number of phenols is 1. The van der Waals surface area contributed by atoms with E-state index in [1.807, 2.05) is 36.4 Å². The number of hydrogen-bond donors (Lipinski definition) is 1. The summed E-state index contributed by atoms with van der Waals surface area (Å²) in [5, 5.41) is 10.0. The van der Waals surface area contributed by atoms with Crippen molar-refractivity contribution in [1.29, 1.82) is 0 Å². The minimum Gasteiger partial charge on any atom is -0.508 e. The molecule has 0 radical (unpaired) electrons. The van der Waals surface area contributed by atoms with E-state index >= 15 is 0 Å². The number of furan rings is 1. The van der Waals surface area contributed by atoms with E-state index in [1.54, 1.807) is 12.1 Å². The van der Waals surface area contributed by atoms with Gasteiger partial charge in [0.1, 0.15) is 22.0 Å². The first-order valence-corrected chi connectivity index (χ1v) is 10.5. The molecule has 1 N–H and O–H groups in total. The molecule has 0 unspecified atom stereocenters. The minimum atomic E-state index is -3.83. The van der Waals surface area contributed by atoms with Gasteiger partial charge < -0.3 is 9.52 Å². The van der Waals surface area contributed by atoms with Crippen molar-refractivity contribution >= 4 is 36.7 Å². The maximum atomic E-state index is 13.4. The van der Waals surface area contributed by atoms with Gasteiger partial charge in [-0.25, -0.2) is 8.42 Å². The smallest absolute Gasteiger partial charge is 0.210 e. The van der Waals surface area contributed by atoms with Crippen molar-refractivity contribution in [2.24, 2.45) is 0 Å². The van der Waals surface area contributed by atoms with Crippen LogP contribution in [-0.2, 0) is 16.3 Å². The molecule has 4 nitrogen and oxygen atoms in total. The molecule has 3 aromatic carbocycles. The molecule has 1 heterocycles. The first-order chi connectivity index (χ1) is 12.9. The van der Waals surface area contributed by atoms with E-state index in [0.717, 1.165) is 10.0 Å². The molecule has 0 saturated heterocycles. The van der Waals surface area contributed by atoms with Gasteiger partial charge >= 0.3 is 0 Å². The summed E-state index contributed by atoms with van der Waals surface area (Å²) in [5.41, 5.74) is 1.47. The molecule has 0 aliphatic heterocycles. The molecule has 0 bridgehead atoms.